The third-order valence-corrected chi connectivity index (χ3v) is 5.48. The number of piperidine rings is 2. The highest BCUT2D eigenvalue weighted by molar-refractivity contribution is 5.68. The molecular formula is C26H48N2O5. The van der Waals surface area contributed by atoms with Gasteiger partial charge in [0.15, 0.2) is 0 Å². The van der Waals surface area contributed by atoms with Crippen LogP contribution in [0.4, 0.5) is 9.59 Å². The fourth-order valence-electron chi connectivity index (χ4n) is 3.66. The molecule has 33 heavy (non-hydrogen) atoms. The Bertz CT molecular complexity index is 605. The Balaban J connectivity index is 0.000000335. The van der Waals surface area contributed by atoms with Crippen LogP contribution in [0.1, 0.15) is 87.0 Å². The van der Waals surface area contributed by atoms with Crippen LogP contribution in [0.2, 0.25) is 0 Å². The first kappa shape index (κ1) is 29.3. The summed E-state index contributed by atoms with van der Waals surface area (Å²) in [6.45, 7) is 16.6. The van der Waals surface area contributed by atoms with Crippen molar-refractivity contribution in [2.24, 2.45) is 5.92 Å². The van der Waals surface area contributed by atoms with Crippen LogP contribution in [0.3, 0.4) is 0 Å². The summed E-state index contributed by atoms with van der Waals surface area (Å²) in [6, 6.07) is 0. The van der Waals surface area contributed by atoms with E-state index in [1.165, 1.54) is 6.42 Å². The van der Waals surface area contributed by atoms with Gasteiger partial charge in [0.2, 0.25) is 0 Å². The van der Waals surface area contributed by atoms with Gasteiger partial charge in [-0.25, -0.2) is 9.59 Å². The van der Waals surface area contributed by atoms with Gasteiger partial charge >= 0.3 is 12.2 Å². The Morgan fingerprint density at radius 2 is 1.24 bits per heavy atom. The van der Waals surface area contributed by atoms with E-state index in [1.54, 1.807) is 12.0 Å². The molecule has 2 rings (SSSR count). The molecule has 0 unspecified atom stereocenters. The first-order chi connectivity index (χ1) is 15.3. The highest BCUT2D eigenvalue weighted by Crippen LogP contribution is 2.21. The van der Waals surface area contributed by atoms with Crippen LogP contribution in [0.15, 0.2) is 12.2 Å². The first-order valence-corrected chi connectivity index (χ1v) is 12.5. The Morgan fingerprint density at radius 3 is 1.61 bits per heavy atom. The second-order valence-electron chi connectivity index (χ2n) is 10.9. The average molecular weight is 469 g/mol. The van der Waals surface area contributed by atoms with Crippen molar-refractivity contribution >= 4 is 12.2 Å². The van der Waals surface area contributed by atoms with Crippen LogP contribution in [0.25, 0.3) is 0 Å². The lowest BCUT2D eigenvalue weighted by Crippen LogP contribution is -2.43. The zero-order valence-electron chi connectivity index (χ0n) is 22.3. The first-order valence-electron chi connectivity index (χ1n) is 12.5. The number of hydrogen-bond acceptors (Lipinski definition) is 5. The molecule has 2 aliphatic rings. The maximum atomic E-state index is 11.9. The average Bonchev–Trinajstić information content (AvgIpc) is 2.72. The van der Waals surface area contributed by atoms with Crippen molar-refractivity contribution in [1.29, 1.82) is 0 Å². The molecular weight excluding hydrogens is 420 g/mol. The number of carbonyl (C=O) groups is 2. The molecule has 0 aliphatic carbocycles. The highest BCUT2D eigenvalue weighted by Gasteiger charge is 2.27. The molecule has 0 atom stereocenters. The van der Waals surface area contributed by atoms with Crippen LogP contribution < -0.4 is 0 Å². The highest BCUT2D eigenvalue weighted by atomic mass is 16.6. The maximum Gasteiger partial charge on any atom is 0.410 e. The molecule has 0 aromatic carbocycles. The number of amides is 2. The lowest BCUT2D eigenvalue weighted by molar-refractivity contribution is 0.00167. The van der Waals surface area contributed by atoms with E-state index < -0.39 is 11.2 Å². The molecule has 0 aromatic heterocycles. The van der Waals surface area contributed by atoms with Crippen molar-refractivity contribution in [3.05, 3.63) is 12.2 Å². The number of methoxy groups -OCH3 is 1. The fourth-order valence-corrected chi connectivity index (χ4v) is 3.66. The summed E-state index contributed by atoms with van der Waals surface area (Å²) in [4.78, 5) is 27.1. The zero-order valence-corrected chi connectivity index (χ0v) is 22.3. The number of nitrogens with zero attached hydrogens (tertiary/aromatic N) is 2. The van der Waals surface area contributed by atoms with Crippen molar-refractivity contribution in [3.8, 4) is 0 Å². The molecule has 7 heteroatoms. The van der Waals surface area contributed by atoms with Crippen molar-refractivity contribution in [1.82, 2.24) is 9.80 Å². The van der Waals surface area contributed by atoms with Gasteiger partial charge in [-0.3, -0.25) is 0 Å². The van der Waals surface area contributed by atoms with Gasteiger partial charge in [0.1, 0.15) is 11.2 Å². The van der Waals surface area contributed by atoms with E-state index in [0.29, 0.717) is 12.0 Å². The molecule has 0 spiro atoms. The Hall–Kier alpha value is -1.76. The lowest BCUT2D eigenvalue weighted by Gasteiger charge is -2.32. The minimum Gasteiger partial charge on any atom is -0.444 e. The van der Waals surface area contributed by atoms with Crippen molar-refractivity contribution in [2.75, 3.05) is 33.3 Å². The number of unbranched alkanes of at least 4 members (excludes halogenated alkanes) is 1. The Kier molecular flexibility index (Phi) is 12.3. The molecule has 0 radical (unpaired) electrons. The molecule has 0 N–H and O–H groups in total. The smallest absolute Gasteiger partial charge is 0.410 e. The topological polar surface area (TPSA) is 68.3 Å². The number of ether oxygens (including phenoxy) is 3. The van der Waals surface area contributed by atoms with E-state index in [9.17, 15) is 9.59 Å². The Labute approximate surface area is 201 Å². The van der Waals surface area contributed by atoms with Crippen LogP contribution >= 0.6 is 0 Å². The summed E-state index contributed by atoms with van der Waals surface area (Å²) in [5.41, 5.74) is -0.801. The summed E-state index contributed by atoms with van der Waals surface area (Å²) in [7, 11) is 1.72. The lowest BCUT2D eigenvalue weighted by atomic mass is 9.96. The molecule has 2 heterocycles. The zero-order chi connectivity index (χ0) is 25.1. The van der Waals surface area contributed by atoms with Crippen molar-refractivity contribution in [2.45, 2.75) is 104 Å². The quantitative estimate of drug-likeness (QED) is 0.472. The van der Waals surface area contributed by atoms with Gasteiger partial charge in [0.05, 0.1) is 6.10 Å². The van der Waals surface area contributed by atoms with E-state index in [2.05, 4.69) is 19.1 Å². The van der Waals surface area contributed by atoms with Crippen molar-refractivity contribution in [3.63, 3.8) is 0 Å². The second kappa shape index (κ2) is 13.8. The summed E-state index contributed by atoms with van der Waals surface area (Å²) in [5.74, 6) is 0.634. The predicted octanol–water partition coefficient (Wildman–Crippen LogP) is 6.02. The van der Waals surface area contributed by atoms with Crippen LogP contribution in [0, 0.1) is 5.92 Å². The van der Waals surface area contributed by atoms with Crippen LogP contribution in [-0.2, 0) is 14.2 Å². The normalized spacial score (nSPS) is 18.7. The summed E-state index contributed by atoms with van der Waals surface area (Å²) in [6.07, 6.45) is 10.8. The van der Waals surface area contributed by atoms with E-state index >= 15 is 0 Å². The number of hydrogen-bond donors (Lipinski definition) is 0. The third-order valence-electron chi connectivity index (χ3n) is 5.48. The summed E-state index contributed by atoms with van der Waals surface area (Å²) in [5, 5.41) is 0. The second-order valence-corrected chi connectivity index (χ2v) is 10.9. The fraction of sp³-hybridized carbons (Fsp3) is 0.846. The monoisotopic (exact) mass is 468 g/mol. The molecule has 192 valence electrons. The van der Waals surface area contributed by atoms with Gasteiger partial charge < -0.3 is 24.0 Å². The van der Waals surface area contributed by atoms with Crippen LogP contribution in [-0.4, -0.2) is 72.6 Å². The number of carbonyl (C=O) groups excluding carboxylic acids is 2. The van der Waals surface area contributed by atoms with Gasteiger partial charge in [0, 0.05) is 33.3 Å². The largest absolute Gasteiger partial charge is 0.444 e. The van der Waals surface area contributed by atoms with E-state index in [1.807, 2.05) is 46.4 Å². The molecule has 2 saturated heterocycles. The summed E-state index contributed by atoms with van der Waals surface area (Å²) >= 11 is 0. The molecule has 2 amide bonds. The van der Waals surface area contributed by atoms with Gasteiger partial charge in [-0.15, -0.1) is 0 Å². The SMILES string of the molecule is CCC/C=C\C1CCN(C(=O)OC(C)(C)C)CC1.COC1CCN(C(=O)OC(C)(C)C)CC1. The van der Waals surface area contributed by atoms with Gasteiger partial charge in [-0.2, -0.15) is 0 Å². The van der Waals surface area contributed by atoms with E-state index in [4.69, 9.17) is 14.2 Å². The van der Waals surface area contributed by atoms with Gasteiger partial charge in [-0.05, 0) is 79.6 Å². The molecule has 7 nitrogen and oxygen atoms in total. The summed E-state index contributed by atoms with van der Waals surface area (Å²) < 4.78 is 15.9. The van der Waals surface area contributed by atoms with Gasteiger partial charge in [0.25, 0.3) is 0 Å². The minimum atomic E-state index is -0.408. The van der Waals surface area contributed by atoms with Crippen molar-refractivity contribution < 1.29 is 23.8 Å². The maximum absolute atomic E-state index is 11.9. The number of allylic oxidation sites excluding steroid dienone is 2. The minimum absolute atomic E-state index is 0.168. The molecule has 0 saturated carbocycles. The molecule has 0 bridgehead atoms. The molecule has 2 aliphatic heterocycles. The van der Waals surface area contributed by atoms with Gasteiger partial charge in [-0.1, -0.05) is 25.5 Å². The predicted molar refractivity (Wildman–Crippen MR) is 132 cm³/mol. The van der Waals surface area contributed by atoms with E-state index in [-0.39, 0.29) is 12.2 Å². The Morgan fingerprint density at radius 1 is 0.818 bits per heavy atom. The number of rotatable bonds is 4. The standard InChI is InChI=1S/C15H27NO2.C11H21NO3/c1-5-6-7-8-13-9-11-16(12-10-13)14(17)18-15(2,3)4;1-11(2,3)15-10(13)12-7-5-9(14-4)6-8-12/h7-8,13H,5-6,9-12H2,1-4H3;9H,5-8H2,1-4H3/b8-7-;. The van der Waals surface area contributed by atoms with Crippen LogP contribution in [0.5, 0.6) is 0 Å². The third kappa shape index (κ3) is 12.9. The molecule has 2 fully saturated rings. The number of likely N-dealkylation sites (tertiary alicyclic amines) is 2. The molecule has 0 aromatic rings. The van der Waals surface area contributed by atoms with E-state index in [0.717, 1.165) is 58.3 Å².